The second-order valence-corrected chi connectivity index (χ2v) is 5.71. The van der Waals surface area contributed by atoms with Crippen LogP contribution in [0, 0.1) is 6.92 Å². The van der Waals surface area contributed by atoms with Gasteiger partial charge >= 0.3 is 0 Å². The quantitative estimate of drug-likeness (QED) is 0.908. The van der Waals surface area contributed by atoms with E-state index in [9.17, 15) is 9.59 Å². The van der Waals surface area contributed by atoms with E-state index in [1.165, 1.54) is 0 Å². The summed E-state index contributed by atoms with van der Waals surface area (Å²) in [7, 11) is 0. The van der Waals surface area contributed by atoms with Gasteiger partial charge in [0.15, 0.2) is 0 Å². The number of aryl methyl sites for hydroxylation is 1. The zero-order valence-corrected chi connectivity index (χ0v) is 12.8. The van der Waals surface area contributed by atoms with Crippen molar-refractivity contribution in [3.8, 4) is 0 Å². The molecule has 0 bridgehead atoms. The van der Waals surface area contributed by atoms with Gasteiger partial charge in [-0.05, 0) is 38.0 Å². The predicted octanol–water partition coefficient (Wildman–Crippen LogP) is 2.39. The molecule has 2 rings (SSSR count). The largest absolute Gasteiger partial charge is 0.343 e. The fourth-order valence-corrected chi connectivity index (χ4v) is 2.70. The van der Waals surface area contributed by atoms with Gasteiger partial charge in [0.1, 0.15) is 12.1 Å². The van der Waals surface area contributed by atoms with Crippen LogP contribution in [-0.4, -0.2) is 23.9 Å². The molecule has 102 valence electrons. The van der Waals surface area contributed by atoms with Crippen LogP contribution in [0.25, 0.3) is 0 Å². The minimum atomic E-state index is -0.478. The van der Waals surface area contributed by atoms with Crippen LogP contribution in [0.4, 0.5) is 5.69 Å². The Morgan fingerprint density at radius 3 is 2.68 bits per heavy atom. The Morgan fingerprint density at radius 1 is 1.37 bits per heavy atom. The van der Waals surface area contributed by atoms with Gasteiger partial charge in [-0.15, -0.1) is 0 Å². The zero-order valence-electron chi connectivity index (χ0n) is 11.2. The standard InChI is InChI=1S/C14H17BrN2O2/c1-4-11-13(18)16-9(3)14(19)17(11)12-7-10(15)6-5-8(12)2/h5-7,9,11H,4H2,1-3H3,(H,16,18). The molecule has 0 radical (unpaired) electrons. The van der Waals surface area contributed by atoms with E-state index in [0.717, 1.165) is 15.7 Å². The van der Waals surface area contributed by atoms with Gasteiger partial charge in [-0.25, -0.2) is 0 Å². The van der Waals surface area contributed by atoms with Crippen molar-refractivity contribution < 1.29 is 9.59 Å². The molecule has 2 amide bonds. The maximum atomic E-state index is 12.4. The molecule has 0 spiro atoms. The van der Waals surface area contributed by atoms with Crippen LogP contribution >= 0.6 is 15.9 Å². The van der Waals surface area contributed by atoms with E-state index in [4.69, 9.17) is 0 Å². The maximum absolute atomic E-state index is 12.4. The van der Waals surface area contributed by atoms with Gasteiger partial charge in [-0.1, -0.05) is 28.9 Å². The van der Waals surface area contributed by atoms with Crippen LogP contribution in [0.3, 0.4) is 0 Å². The van der Waals surface area contributed by atoms with Gasteiger partial charge in [-0.2, -0.15) is 0 Å². The van der Waals surface area contributed by atoms with Crippen molar-refractivity contribution in [3.05, 3.63) is 28.2 Å². The van der Waals surface area contributed by atoms with Crippen molar-refractivity contribution in [1.82, 2.24) is 5.32 Å². The molecule has 1 fully saturated rings. The topological polar surface area (TPSA) is 49.4 Å². The summed E-state index contributed by atoms with van der Waals surface area (Å²) in [5.74, 6) is -0.151. The number of benzene rings is 1. The summed E-state index contributed by atoms with van der Waals surface area (Å²) in [5.41, 5.74) is 1.78. The first-order valence-corrected chi connectivity index (χ1v) is 7.14. The molecule has 1 saturated heterocycles. The van der Waals surface area contributed by atoms with E-state index in [2.05, 4.69) is 21.2 Å². The molecule has 1 aromatic carbocycles. The fraction of sp³-hybridized carbons (Fsp3) is 0.429. The van der Waals surface area contributed by atoms with Gasteiger partial charge in [0.25, 0.3) is 0 Å². The normalized spacial score (nSPS) is 23.5. The van der Waals surface area contributed by atoms with E-state index < -0.39 is 12.1 Å². The Hall–Kier alpha value is -1.36. The molecule has 19 heavy (non-hydrogen) atoms. The Morgan fingerprint density at radius 2 is 2.05 bits per heavy atom. The smallest absolute Gasteiger partial charge is 0.250 e. The molecule has 0 aromatic heterocycles. The summed E-state index contributed by atoms with van der Waals surface area (Å²) >= 11 is 3.42. The number of nitrogens with one attached hydrogen (secondary N) is 1. The monoisotopic (exact) mass is 324 g/mol. The van der Waals surface area contributed by atoms with E-state index in [-0.39, 0.29) is 11.8 Å². The summed E-state index contributed by atoms with van der Waals surface area (Å²) < 4.78 is 0.898. The van der Waals surface area contributed by atoms with Gasteiger partial charge < -0.3 is 5.32 Å². The van der Waals surface area contributed by atoms with Gasteiger partial charge in [0, 0.05) is 10.2 Å². The number of hydrogen-bond acceptors (Lipinski definition) is 2. The SMILES string of the molecule is CCC1C(=O)NC(C)C(=O)N1c1cc(Br)ccc1C. The molecule has 0 saturated carbocycles. The van der Waals surface area contributed by atoms with Gasteiger partial charge in [0.2, 0.25) is 11.8 Å². The minimum absolute atomic E-state index is 0.0624. The van der Waals surface area contributed by atoms with Crippen LogP contribution in [0.15, 0.2) is 22.7 Å². The molecule has 2 unspecified atom stereocenters. The van der Waals surface area contributed by atoms with Crippen LogP contribution in [-0.2, 0) is 9.59 Å². The summed E-state index contributed by atoms with van der Waals surface area (Å²) in [6, 6.07) is 4.85. The fourth-order valence-electron chi connectivity index (χ4n) is 2.35. The second-order valence-electron chi connectivity index (χ2n) is 4.79. The Balaban J connectivity index is 2.51. The molecule has 1 N–H and O–H groups in total. The lowest BCUT2D eigenvalue weighted by Gasteiger charge is -2.38. The predicted molar refractivity (Wildman–Crippen MR) is 78.0 cm³/mol. The lowest BCUT2D eigenvalue weighted by Crippen LogP contribution is -2.62. The summed E-state index contributed by atoms with van der Waals surface area (Å²) in [5, 5.41) is 2.72. The average molecular weight is 325 g/mol. The maximum Gasteiger partial charge on any atom is 0.250 e. The third-order valence-corrected chi connectivity index (χ3v) is 3.89. The molecule has 4 nitrogen and oxygen atoms in total. The van der Waals surface area contributed by atoms with Crippen molar-refractivity contribution in [3.63, 3.8) is 0 Å². The van der Waals surface area contributed by atoms with E-state index >= 15 is 0 Å². The first-order chi connectivity index (χ1) is 8.95. The lowest BCUT2D eigenvalue weighted by molar-refractivity contribution is -0.133. The molecule has 5 heteroatoms. The Bertz CT molecular complexity index is 530. The first kappa shape index (κ1) is 14.1. The molecule has 0 aliphatic carbocycles. The van der Waals surface area contributed by atoms with Crippen LogP contribution < -0.4 is 10.2 Å². The van der Waals surface area contributed by atoms with Crippen molar-refractivity contribution >= 4 is 33.4 Å². The molecule has 2 atom stereocenters. The first-order valence-electron chi connectivity index (χ1n) is 6.35. The number of amides is 2. The number of rotatable bonds is 2. The third-order valence-electron chi connectivity index (χ3n) is 3.40. The summed E-state index contributed by atoms with van der Waals surface area (Å²) in [6.07, 6.45) is 0.593. The highest BCUT2D eigenvalue weighted by Gasteiger charge is 2.38. The number of halogens is 1. The highest BCUT2D eigenvalue weighted by Crippen LogP contribution is 2.29. The van der Waals surface area contributed by atoms with E-state index in [1.54, 1.807) is 11.8 Å². The highest BCUT2D eigenvalue weighted by molar-refractivity contribution is 9.10. The van der Waals surface area contributed by atoms with Crippen molar-refractivity contribution in [2.45, 2.75) is 39.3 Å². The van der Waals surface area contributed by atoms with Crippen molar-refractivity contribution in [2.75, 3.05) is 4.90 Å². The molecule has 1 aromatic rings. The number of piperazine rings is 1. The van der Waals surface area contributed by atoms with Crippen LogP contribution in [0.5, 0.6) is 0 Å². The highest BCUT2D eigenvalue weighted by atomic mass is 79.9. The third kappa shape index (κ3) is 2.52. The number of anilines is 1. The molecular formula is C14H17BrN2O2. The number of hydrogen-bond donors (Lipinski definition) is 1. The number of nitrogens with zero attached hydrogens (tertiary/aromatic N) is 1. The molecule has 1 heterocycles. The molecular weight excluding hydrogens is 308 g/mol. The van der Waals surface area contributed by atoms with Gasteiger partial charge in [-0.3, -0.25) is 14.5 Å². The zero-order chi connectivity index (χ0) is 14.2. The second kappa shape index (κ2) is 5.33. The Labute approximate surface area is 121 Å². The average Bonchev–Trinajstić information content (AvgIpc) is 2.36. The van der Waals surface area contributed by atoms with Crippen molar-refractivity contribution in [1.29, 1.82) is 0 Å². The molecule has 1 aliphatic rings. The number of carbonyl (C=O) groups excluding carboxylic acids is 2. The van der Waals surface area contributed by atoms with E-state index in [0.29, 0.717) is 6.42 Å². The number of carbonyl (C=O) groups is 2. The summed E-state index contributed by atoms with van der Waals surface area (Å²) in [6.45, 7) is 5.57. The van der Waals surface area contributed by atoms with Crippen LogP contribution in [0.1, 0.15) is 25.8 Å². The van der Waals surface area contributed by atoms with Crippen LogP contribution in [0.2, 0.25) is 0 Å². The van der Waals surface area contributed by atoms with Crippen molar-refractivity contribution in [2.24, 2.45) is 0 Å². The Kier molecular flexibility index (Phi) is 3.94. The summed E-state index contributed by atoms with van der Waals surface area (Å²) in [4.78, 5) is 26.1. The van der Waals surface area contributed by atoms with E-state index in [1.807, 2.05) is 32.0 Å². The minimum Gasteiger partial charge on any atom is -0.343 e. The van der Waals surface area contributed by atoms with Gasteiger partial charge in [0.05, 0.1) is 0 Å². The molecule has 1 aliphatic heterocycles. The lowest BCUT2D eigenvalue weighted by atomic mass is 10.0.